The van der Waals surface area contributed by atoms with E-state index in [4.69, 9.17) is 0 Å². The number of carboxylic acids is 1. The van der Waals surface area contributed by atoms with Gasteiger partial charge >= 0.3 is 5.97 Å². The number of nitrogens with zero attached hydrogens (tertiary/aromatic N) is 3. The molecule has 1 fully saturated rings. The third-order valence-corrected chi connectivity index (χ3v) is 7.46. The van der Waals surface area contributed by atoms with Crippen LogP contribution in [0.4, 0.5) is 13.2 Å². The van der Waals surface area contributed by atoms with Crippen LogP contribution in [0.2, 0.25) is 0 Å². The Hall–Kier alpha value is -3.80. The van der Waals surface area contributed by atoms with Crippen molar-refractivity contribution in [1.29, 1.82) is 5.26 Å². The highest BCUT2D eigenvalue weighted by Gasteiger charge is 2.49. The first-order chi connectivity index (χ1) is 17.0. The molecule has 0 radical (unpaired) electrons. The third-order valence-electron chi connectivity index (χ3n) is 7.46. The van der Waals surface area contributed by atoms with E-state index >= 15 is 8.78 Å². The summed E-state index contributed by atoms with van der Waals surface area (Å²) in [5.74, 6) is -3.10. The minimum absolute atomic E-state index is 0.0734. The zero-order chi connectivity index (χ0) is 26.0. The van der Waals surface area contributed by atoms with Crippen molar-refractivity contribution in [2.75, 3.05) is 0 Å². The lowest BCUT2D eigenvalue weighted by atomic mass is 9.79. The van der Waals surface area contributed by atoms with Crippen molar-refractivity contribution in [2.24, 2.45) is 0 Å². The van der Waals surface area contributed by atoms with E-state index in [0.717, 1.165) is 0 Å². The number of fused-ring (bicyclic) bond motifs is 2. The zero-order valence-corrected chi connectivity index (χ0v) is 20.1. The van der Waals surface area contributed by atoms with Gasteiger partial charge in [0.05, 0.1) is 17.8 Å². The van der Waals surface area contributed by atoms with Crippen LogP contribution < -0.4 is 0 Å². The van der Waals surface area contributed by atoms with Crippen molar-refractivity contribution < 1.29 is 23.1 Å². The fraction of sp³-hybridized carbons (Fsp3) is 0.370. The summed E-state index contributed by atoms with van der Waals surface area (Å²) >= 11 is 0. The van der Waals surface area contributed by atoms with Gasteiger partial charge in [0.1, 0.15) is 11.3 Å². The second kappa shape index (κ2) is 8.12. The second-order valence-electron chi connectivity index (χ2n) is 10.4. The molecular weight excluding hydrogens is 469 g/mol. The number of aromatic nitrogens is 3. The normalized spacial score (nSPS) is 20.3. The molecule has 1 unspecified atom stereocenters. The van der Waals surface area contributed by atoms with Gasteiger partial charge < -0.3 is 9.67 Å². The fourth-order valence-corrected chi connectivity index (χ4v) is 5.65. The molecular formula is C27H25F3N4O2. The summed E-state index contributed by atoms with van der Waals surface area (Å²) in [6.07, 6.45) is 1.28. The number of nitrogens with one attached hydrogen (secondary N) is 1. The zero-order valence-electron chi connectivity index (χ0n) is 20.1. The summed E-state index contributed by atoms with van der Waals surface area (Å²) in [6, 6.07) is 8.52. The van der Waals surface area contributed by atoms with Crippen LogP contribution in [0.5, 0.6) is 0 Å². The molecule has 0 saturated heterocycles. The number of nitriles is 1. The molecule has 5 rings (SSSR count). The molecule has 2 aromatic heterocycles. The number of hydrogen-bond acceptors (Lipinski definition) is 3. The van der Waals surface area contributed by atoms with E-state index in [2.05, 4.69) is 16.3 Å². The summed E-state index contributed by atoms with van der Waals surface area (Å²) in [7, 11) is 0. The number of halogens is 3. The predicted octanol–water partition coefficient (Wildman–Crippen LogP) is 6.35. The van der Waals surface area contributed by atoms with E-state index in [0.29, 0.717) is 33.4 Å². The van der Waals surface area contributed by atoms with Gasteiger partial charge in [-0.05, 0) is 67.5 Å². The first-order valence-electron chi connectivity index (χ1n) is 11.7. The standard InChI is InChI=1S/C27H25F3N4O2/c1-14-10-17(4-5-18(14)28)34-19-11-16-13-32-33-23(16)22(29)21(19)20(24(34)26(2,3)8-9-31)15-6-7-27(30,12-15)25(35)36/h4-5,10-11,13,15H,6-8,12H2,1-3H3,(H,32,33)(H,35,36)/t15?,27-/m0/s1. The van der Waals surface area contributed by atoms with Gasteiger partial charge in [-0.25, -0.2) is 18.0 Å². The smallest absolute Gasteiger partial charge is 0.341 e. The van der Waals surface area contributed by atoms with Crippen LogP contribution in [0.15, 0.2) is 30.5 Å². The van der Waals surface area contributed by atoms with Crippen LogP contribution >= 0.6 is 0 Å². The van der Waals surface area contributed by atoms with Crippen LogP contribution in [0, 0.1) is 29.9 Å². The summed E-state index contributed by atoms with van der Waals surface area (Å²) in [6.45, 7) is 5.32. The van der Waals surface area contributed by atoms with Crippen LogP contribution in [0.3, 0.4) is 0 Å². The average molecular weight is 495 g/mol. The van der Waals surface area contributed by atoms with Gasteiger partial charge in [0.2, 0.25) is 5.67 Å². The molecule has 2 N–H and O–H groups in total. The van der Waals surface area contributed by atoms with Gasteiger partial charge in [-0.2, -0.15) is 10.4 Å². The average Bonchev–Trinajstić information content (AvgIpc) is 3.52. The van der Waals surface area contributed by atoms with Crippen molar-refractivity contribution in [3.63, 3.8) is 0 Å². The molecule has 0 bridgehead atoms. The van der Waals surface area contributed by atoms with E-state index < -0.39 is 34.6 Å². The van der Waals surface area contributed by atoms with Crippen LogP contribution in [0.1, 0.15) is 62.3 Å². The summed E-state index contributed by atoms with van der Waals surface area (Å²) in [5, 5.41) is 26.5. The lowest BCUT2D eigenvalue weighted by Gasteiger charge is -2.28. The molecule has 1 aliphatic carbocycles. The molecule has 6 nitrogen and oxygen atoms in total. The minimum Gasteiger partial charge on any atom is -0.479 e. The molecule has 2 heterocycles. The predicted molar refractivity (Wildman–Crippen MR) is 129 cm³/mol. The van der Waals surface area contributed by atoms with Crippen LogP contribution in [-0.4, -0.2) is 31.5 Å². The molecule has 36 heavy (non-hydrogen) atoms. The van der Waals surface area contributed by atoms with Gasteiger partial charge in [-0.15, -0.1) is 0 Å². The Morgan fingerprint density at radius 3 is 2.75 bits per heavy atom. The number of rotatable bonds is 5. The lowest BCUT2D eigenvalue weighted by molar-refractivity contribution is -0.150. The number of aryl methyl sites for hydroxylation is 1. The maximum Gasteiger partial charge on any atom is 0.341 e. The maximum absolute atomic E-state index is 16.2. The number of H-pyrrole nitrogens is 1. The van der Waals surface area contributed by atoms with Gasteiger partial charge in [0, 0.05) is 34.0 Å². The van der Waals surface area contributed by atoms with E-state index in [-0.39, 0.29) is 36.6 Å². The first kappa shape index (κ1) is 23.9. The van der Waals surface area contributed by atoms with Gasteiger partial charge in [0.25, 0.3) is 0 Å². The molecule has 186 valence electrons. The highest BCUT2D eigenvalue weighted by Crippen LogP contribution is 2.51. The Bertz CT molecular complexity index is 1580. The largest absolute Gasteiger partial charge is 0.479 e. The fourth-order valence-electron chi connectivity index (χ4n) is 5.65. The number of hydrogen-bond donors (Lipinski definition) is 2. The molecule has 0 aliphatic heterocycles. The number of alkyl halides is 1. The van der Waals surface area contributed by atoms with Gasteiger partial charge in [-0.3, -0.25) is 5.10 Å². The highest BCUT2D eigenvalue weighted by molar-refractivity contribution is 6.00. The van der Waals surface area contributed by atoms with Crippen molar-refractivity contribution in [3.8, 4) is 11.8 Å². The van der Waals surface area contributed by atoms with Crippen LogP contribution in [0.25, 0.3) is 27.5 Å². The van der Waals surface area contributed by atoms with E-state index in [1.54, 1.807) is 25.1 Å². The van der Waals surface area contributed by atoms with Gasteiger partial charge in [-0.1, -0.05) is 13.8 Å². The summed E-state index contributed by atoms with van der Waals surface area (Å²) in [5.41, 5.74) is -0.564. The monoisotopic (exact) mass is 494 g/mol. The summed E-state index contributed by atoms with van der Waals surface area (Å²) < 4.78 is 47.5. The SMILES string of the molecule is Cc1cc(-n2c(C(C)(C)CC#N)c(C3CC[C@@](F)(C(=O)O)C3)c3c(F)c4[nH]ncc4cc32)ccc1F. The first-order valence-corrected chi connectivity index (χ1v) is 11.7. The van der Waals surface area contributed by atoms with Crippen molar-refractivity contribution in [2.45, 2.75) is 63.5 Å². The Kier molecular flexibility index (Phi) is 5.39. The number of carbonyl (C=O) groups is 1. The topological polar surface area (TPSA) is 94.7 Å². The Morgan fingerprint density at radius 1 is 1.36 bits per heavy atom. The molecule has 0 amide bonds. The van der Waals surface area contributed by atoms with Crippen LogP contribution in [-0.2, 0) is 10.2 Å². The molecule has 9 heteroatoms. The highest BCUT2D eigenvalue weighted by atomic mass is 19.1. The number of aromatic amines is 1. The Labute approximate surface area is 205 Å². The van der Waals surface area contributed by atoms with Crippen molar-refractivity contribution in [3.05, 3.63) is 58.9 Å². The van der Waals surface area contributed by atoms with Crippen molar-refractivity contribution in [1.82, 2.24) is 14.8 Å². The van der Waals surface area contributed by atoms with Crippen molar-refractivity contribution >= 4 is 27.8 Å². The number of aliphatic carboxylic acids is 1. The third kappa shape index (κ3) is 3.47. The van der Waals surface area contributed by atoms with E-state index in [1.807, 2.05) is 18.4 Å². The number of carboxylic acid groups (broad SMARTS) is 1. The molecule has 1 saturated carbocycles. The van der Waals surface area contributed by atoms with Gasteiger partial charge in [0.15, 0.2) is 5.82 Å². The minimum atomic E-state index is -2.42. The second-order valence-corrected chi connectivity index (χ2v) is 10.4. The molecule has 4 aromatic rings. The quantitative estimate of drug-likeness (QED) is 0.338. The molecule has 2 atom stereocenters. The van der Waals surface area contributed by atoms with E-state index in [1.165, 1.54) is 12.3 Å². The number of benzene rings is 2. The lowest BCUT2D eigenvalue weighted by Crippen LogP contribution is -2.30. The Morgan fingerprint density at radius 2 is 2.11 bits per heavy atom. The molecule has 2 aromatic carbocycles. The Balaban J connectivity index is 1.94. The van der Waals surface area contributed by atoms with E-state index in [9.17, 15) is 19.6 Å². The summed E-state index contributed by atoms with van der Waals surface area (Å²) in [4.78, 5) is 11.7. The molecule has 0 spiro atoms. The molecule has 1 aliphatic rings. The maximum atomic E-state index is 16.2.